The summed E-state index contributed by atoms with van der Waals surface area (Å²) >= 11 is 0. The second-order valence-electron chi connectivity index (χ2n) is 4.65. The Kier molecular flexibility index (Phi) is 6.16. The molecule has 0 aromatic rings. The number of methoxy groups -OCH3 is 1. The van der Waals surface area contributed by atoms with Crippen molar-refractivity contribution in [1.29, 1.82) is 0 Å². The van der Waals surface area contributed by atoms with E-state index in [2.05, 4.69) is 5.92 Å². The molecule has 0 radical (unpaired) electrons. The van der Waals surface area contributed by atoms with E-state index in [0.717, 1.165) is 12.8 Å². The summed E-state index contributed by atoms with van der Waals surface area (Å²) in [5, 5.41) is 8.79. The van der Waals surface area contributed by atoms with Crippen LogP contribution in [0.2, 0.25) is 0 Å². The number of aliphatic carboxylic acids is 1. The van der Waals surface area contributed by atoms with E-state index < -0.39 is 5.97 Å². The predicted octanol–water partition coefficient (Wildman–Crippen LogP) is 0.485. The van der Waals surface area contributed by atoms with Gasteiger partial charge in [-0.15, -0.1) is 6.42 Å². The van der Waals surface area contributed by atoms with Crippen molar-refractivity contribution in [3.05, 3.63) is 0 Å². The summed E-state index contributed by atoms with van der Waals surface area (Å²) in [4.78, 5) is 25.8. The molecule has 1 rings (SSSR count). The van der Waals surface area contributed by atoms with E-state index in [1.807, 2.05) is 0 Å². The van der Waals surface area contributed by atoms with Crippen molar-refractivity contribution in [2.24, 2.45) is 5.92 Å². The second kappa shape index (κ2) is 7.64. The van der Waals surface area contributed by atoms with Gasteiger partial charge in [0.2, 0.25) is 0 Å². The predicted molar refractivity (Wildman–Crippen MR) is 69.6 cm³/mol. The van der Waals surface area contributed by atoms with Gasteiger partial charge in [-0.2, -0.15) is 0 Å². The van der Waals surface area contributed by atoms with E-state index in [1.165, 1.54) is 4.90 Å². The summed E-state index contributed by atoms with van der Waals surface area (Å²) in [6, 6.07) is -0.304. The zero-order chi connectivity index (χ0) is 14.3. The van der Waals surface area contributed by atoms with Crippen molar-refractivity contribution in [3.8, 4) is 12.3 Å². The number of urea groups is 1. The first-order valence-corrected chi connectivity index (χ1v) is 6.26. The fourth-order valence-corrected chi connectivity index (χ4v) is 2.28. The molecule has 1 aliphatic heterocycles. The molecule has 1 N–H and O–H groups in total. The highest BCUT2D eigenvalue weighted by molar-refractivity contribution is 5.80. The quantitative estimate of drug-likeness (QED) is 0.736. The monoisotopic (exact) mass is 268 g/mol. The van der Waals surface area contributed by atoms with E-state index in [0.29, 0.717) is 25.6 Å². The van der Waals surface area contributed by atoms with Crippen LogP contribution in [0.1, 0.15) is 12.8 Å². The number of carboxylic acid groups (broad SMARTS) is 1. The molecule has 0 aromatic carbocycles. The van der Waals surface area contributed by atoms with Gasteiger partial charge in [-0.25, -0.2) is 4.79 Å². The lowest BCUT2D eigenvalue weighted by Crippen LogP contribution is -2.49. The number of hydrogen-bond donors (Lipinski definition) is 1. The summed E-state index contributed by atoms with van der Waals surface area (Å²) < 4.78 is 5.10. The van der Waals surface area contributed by atoms with E-state index in [1.54, 1.807) is 12.0 Å². The molecular formula is C13H20N2O4. The van der Waals surface area contributed by atoms with E-state index >= 15 is 0 Å². The van der Waals surface area contributed by atoms with Crippen molar-refractivity contribution in [2.45, 2.75) is 12.8 Å². The largest absolute Gasteiger partial charge is 0.480 e. The molecule has 1 saturated heterocycles. The van der Waals surface area contributed by atoms with Crippen molar-refractivity contribution >= 4 is 12.0 Å². The van der Waals surface area contributed by atoms with Gasteiger partial charge in [0, 0.05) is 26.1 Å². The van der Waals surface area contributed by atoms with Gasteiger partial charge in [0.25, 0.3) is 0 Å². The Balaban J connectivity index is 2.62. The standard InChI is InChI=1S/C13H20N2O4/c1-3-6-14(9-12(16)17)13(18)15-7-4-5-11(8-15)10-19-2/h1,11H,4-10H2,2H3,(H,16,17). The van der Waals surface area contributed by atoms with Crippen LogP contribution >= 0.6 is 0 Å². The molecule has 6 nitrogen and oxygen atoms in total. The fourth-order valence-electron chi connectivity index (χ4n) is 2.28. The van der Waals surface area contributed by atoms with Gasteiger partial charge in [0.1, 0.15) is 6.54 Å². The Morgan fingerprint density at radius 1 is 1.58 bits per heavy atom. The lowest BCUT2D eigenvalue weighted by atomic mass is 9.99. The molecule has 0 aliphatic carbocycles. The van der Waals surface area contributed by atoms with Crippen LogP contribution in [-0.4, -0.2) is 66.8 Å². The molecular weight excluding hydrogens is 248 g/mol. The molecule has 1 unspecified atom stereocenters. The minimum Gasteiger partial charge on any atom is -0.480 e. The highest BCUT2D eigenvalue weighted by atomic mass is 16.5. The lowest BCUT2D eigenvalue weighted by molar-refractivity contribution is -0.137. The summed E-state index contributed by atoms with van der Waals surface area (Å²) in [5.41, 5.74) is 0. The minimum atomic E-state index is -1.06. The van der Waals surface area contributed by atoms with Crippen molar-refractivity contribution in [1.82, 2.24) is 9.80 Å². The number of terminal acetylenes is 1. The maximum Gasteiger partial charge on any atom is 0.323 e. The molecule has 1 fully saturated rings. The van der Waals surface area contributed by atoms with Crippen molar-refractivity contribution < 1.29 is 19.4 Å². The Bertz CT molecular complexity index is 362. The second-order valence-corrected chi connectivity index (χ2v) is 4.65. The zero-order valence-corrected chi connectivity index (χ0v) is 11.2. The molecule has 19 heavy (non-hydrogen) atoms. The topological polar surface area (TPSA) is 70.1 Å². The number of piperidine rings is 1. The van der Waals surface area contributed by atoms with Crippen molar-refractivity contribution in [2.75, 3.05) is 39.9 Å². The van der Waals surface area contributed by atoms with Gasteiger partial charge in [-0.05, 0) is 12.8 Å². The number of nitrogens with zero attached hydrogens (tertiary/aromatic N) is 2. The normalized spacial score (nSPS) is 18.7. The molecule has 0 aromatic heterocycles. The molecule has 2 amide bonds. The number of carboxylic acids is 1. The van der Waals surface area contributed by atoms with Crippen LogP contribution in [0.15, 0.2) is 0 Å². The zero-order valence-electron chi connectivity index (χ0n) is 11.2. The number of carbonyl (C=O) groups is 2. The molecule has 0 bridgehead atoms. The van der Waals surface area contributed by atoms with Crippen LogP contribution in [0, 0.1) is 18.3 Å². The number of ether oxygens (including phenoxy) is 1. The summed E-state index contributed by atoms with van der Waals surface area (Å²) in [5.74, 6) is 1.56. The number of amides is 2. The molecule has 6 heteroatoms. The Morgan fingerprint density at radius 2 is 2.32 bits per heavy atom. The summed E-state index contributed by atoms with van der Waals surface area (Å²) in [6.45, 7) is 1.48. The summed E-state index contributed by atoms with van der Waals surface area (Å²) in [7, 11) is 1.63. The van der Waals surface area contributed by atoms with E-state index in [4.69, 9.17) is 16.3 Å². The van der Waals surface area contributed by atoms with Crippen LogP contribution in [0.4, 0.5) is 4.79 Å². The first-order valence-electron chi connectivity index (χ1n) is 6.26. The molecule has 1 heterocycles. The minimum absolute atomic E-state index is 0.0105. The first-order chi connectivity index (χ1) is 9.08. The van der Waals surface area contributed by atoms with Crippen LogP contribution in [-0.2, 0) is 9.53 Å². The molecule has 0 spiro atoms. The highest BCUT2D eigenvalue weighted by Crippen LogP contribution is 2.17. The van der Waals surface area contributed by atoms with E-state index in [9.17, 15) is 9.59 Å². The number of carbonyl (C=O) groups excluding carboxylic acids is 1. The van der Waals surface area contributed by atoms with Gasteiger partial charge in [-0.3, -0.25) is 4.79 Å². The van der Waals surface area contributed by atoms with Gasteiger partial charge in [0.05, 0.1) is 13.2 Å². The number of hydrogen-bond acceptors (Lipinski definition) is 3. The fraction of sp³-hybridized carbons (Fsp3) is 0.692. The number of rotatable bonds is 5. The van der Waals surface area contributed by atoms with Crippen LogP contribution in [0.25, 0.3) is 0 Å². The first kappa shape index (κ1) is 15.3. The average molecular weight is 268 g/mol. The maximum absolute atomic E-state index is 12.2. The lowest BCUT2D eigenvalue weighted by Gasteiger charge is -2.35. The Labute approximate surface area is 113 Å². The van der Waals surface area contributed by atoms with Gasteiger partial charge >= 0.3 is 12.0 Å². The van der Waals surface area contributed by atoms with Crippen LogP contribution in [0.3, 0.4) is 0 Å². The Morgan fingerprint density at radius 3 is 2.89 bits per heavy atom. The van der Waals surface area contributed by atoms with E-state index in [-0.39, 0.29) is 19.1 Å². The summed E-state index contributed by atoms with van der Waals surface area (Å²) in [6.07, 6.45) is 7.09. The van der Waals surface area contributed by atoms with Crippen LogP contribution < -0.4 is 0 Å². The SMILES string of the molecule is C#CCN(CC(=O)O)C(=O)N1CCCC(COC)C1. The Hall–Kier alpha value is -1.74. The van der Waals surface area contributed by atoms with Gasteiger partial charge in [-0.1, -0.05) is 5.92 Å². The molecule has 1 aliphatic rings. The molecule has 0 saturated carbocycles. The molecule has 106 valence electrons. The molecule has 1 atom stereocenters. The highest BCUT2D eigenvalue weighted by Gasteiger charge is 2.27. The van der Waals surface area contributed by atoms with Gasteiger partial charge < -0.3 is 19.6 Å². The average Bonchev–Trinajstić information content (AvgIpc) is 2.37. The van der Waals surface area contributed by atoms with Gasteiger partial charge in [0.15, 0.2) is 0 Å². The third-order valence-electron chi connectivity index (χ3n) is 3.07. The maximum atomic E-state index is 12.2. The third-order valence-corrected chi connectivity index (χ3v) is 3.07. The van der Waals surface area contributed by atoms with Crippen LogP contribution in [0.5, 0.6) is 0 Å². The third kappa shape index (κ3) is 4.79. The smallest absolute Gasteiger partial charge is 0.323 e. The number of likely N-dealkylation sites (tertiary alicyclic amines) is 1. The van der Waals surface area contributed by atoms with Crippen molar-refractivity contribution in [3.63, 3.8) is 0 Å².